The molecule has 1 fully saturated rings. The zero-order chi connectivity index (χ0) is 41.0. The number of esters is 1. The number of rotatable bonds is 13. The maximum absolute atomic E-state index is 14.4. The number of fused-ring (bicyclic) bond motifs is 3. The van der Waals surface area contributed by atoms with Crippen molar-refractivity contribution in [3.8, 4) is 11.1 Å². The third-order valence-corrected chi connectivity index (χ3v) is 10.7. The number of carbonyl (C=O) groups excluding carboxylic acids is 3. The van der Waals surface area contributed by atoms with Crippen LogP contribution in [0.1, 0.15) is 34.6 Å². The molecule has 302 valence electrons. The number of benzene rings is 4. The van der Waals surface area contributed by atoms with E-state index in [1.54, 1.807) is 78.9 Å². The van der Waals surface area contributed by atoms with Crippen molar-refractivity contribution in [1.82, 2.24) is 4.90 Å². The van der Waals surface area contributed by atoms with Gasteiger partial charge in [0.2, 0.25) is 0 Å². The maximum atomic E-state index is 14.4. The fourth-order valence-electron chi connectivity index (χ4n) is 7.63. The van der Waals surface area contributed by atoms with Gasteiger partial charge in [-0.2, -0.15) is 26.3 Å². The highest BCUT2D eigenvalue weighted by atomic mass is 19.4. The summed E-state index contributed by atoms with van der Waals surface area (Å²) in [4.78, 5) is 43.8. The Kier molecular flexibility index (Phi) is 12.2. The number of morpholine rings is 1. The summed E-state index contributed by atoms with van der Waals surface area (Å²) in [6.45, 7) is 1.02. The van der Waals surface area contributed by atoms with Crippen molar-refractivity contribution in [2.75, 3.05) is 44.9 Å². The Morgan fingerprint density at radius 1 is 0.772 bits per heavy atom. The number of hydrogen-bond donors (Lipinski definition) is 0. The van der Waals surface area contributed by atoms with Crippen LogP contribution in [0.15, 0.2) is 103 Å². The molecule has 1 amide bonds. The van der Waals surface area contributed by atoms with E-state index in [9.17, 15) is 45.8 Å². The molecule has 0 spiro atoms. The van der Waals surface area contributed by atoms with Crippen LogP contribution in [0.2, 0.25) is 0 Å². The Hall–Kier alpha value is -5.57. The van der Waals surface area contributed by atoms with E-state index >= 15 is 0 Å². The van der Waals surface area contributed by atoms with Crippen molar-refractivity contribution in [1.29, 1.82) is 0 Å². The van der Waals surface area contributed by atoms with Crippen LogP contribution in [0, 0.1) is 11.8 Å². The molecule has 1 aliphatic heterocycles. The van der Waals surface area contributed by atoms with Crippen LogP contribution in [0.5, 0.6) is 0 Å². The summed E-state index contributed by atoms with van der Waals surface area (Å²) in [6.07, 6.45) is -16.8. The number of ether oxygens (including phenoxy) is 3. The minimum absolute atomic E-state index is 0.121. The van der Waals surface area contributed by atoms with Gasteiger partial charge in [-0.1, -0.05) is 91.0 Å². The van der Waals surface area contributed by atoms with Gasteiger partial charge in [0.05, 0.1) is 30.6 Å². The molecule has 4 aromatic carbocycles. The Morgan fingerprint density at radius 2 is 1.32 bits per heavy atom. The summed E-state index contributed by atoms with van der Waals surface area (Å²) in [5.74, 6) is -11.3. The lowest BCUT2D eigenvalue weighted by Gasteiger charge is -2.48. The third-order valence-electron chi connectivity index (χ3n) is 10.7. The molecule has 2 atom stereocenters. The Labute approximate surface area is 324 Å². The maximum Gasteiger partial charge on any atom is 0.410 e. The predicted octanol–water partition coefficient (Wildman–Crippen LogP) is 6.93. The first-order chi connectivity index (χ1) is 27.1. The molecule has 6 rings (SSSR count). The first-order valence-corrected chi connectivity index (χ1v) is 18.2. The number of carboxylic acid groups (broad SMARTS) is 1. The van der Waals surface area contributed by atoms with Crippen molar-refractivity contribution in [2.45, 2.75) is 43.3 Å². The lowest BCUT2D eigenvalue weighted by Crippen LogP contribution is -2.68. The van der Waals surface area contributed by atoms with Gasteiger partial charge < -0.3 is 29.0 Å². The first kappa shape index (κ1) is 41.1. The number of likely N-dealkylation sites (N-methyl/N-ethyl adjacent to an activating group) is 1. The van der Waals surface area contributed by atoms with E-state index in [2.05, 4.69) is 0 Å². The van der Waals surface area contributed by atoms with E-state index in [0.29, 0.717) is 44.6 Å². The summed E-state index contributed by atoms with van der Waals surface area (Å²) in [5.41, 5.74) is 0.768. The number of carboxylic acids is 1. The second-order valence-corrected chi connectivity index (χ2v) is 14.0. The molecule has 57 heavy (non-hydrogen) atoms. The molecule has 4 aromatic rings. The number of amides is 1. The zero-order valence-corrected chi connectivity index (χ0v) is 30.7. The van der Waals surface area contributed by atoms with Gasteiger partial charge in [-0.3, -0.25) is 9.69 Å². The van der Waals surface area contributed by atoms with Gasteiger partial charge in [-0.15, -0.1) is 0 Å². The van der Waals surface area contributed by atoms with Gasteiger partial charge in [0.1, 0.15) is 13.2 Å². The van der Waals surface area contributed by atoms with Gasteiger partial charge in [0, 0.05) is 31.7 Å². The number of nitrogens with zero attached hydrogens (tertiary/aromatic N) is 2. The Morgan fingerprint density at radius 3 is 1.86 bits per heavy atom. The highest BCUT2D eigenvalue weighted by Gasteiger charge is 2.63. The fourth-order valence-corrected chi connectivity index (χ4v) is 7.63. The van der Waals surface area contributed by atoms with Crippen molar-refractivity contribution < 1.29 is 60.0 Å². The third kappa shape index (κ3) is 8.88. The molecule has 0 N–H and O–H groups in total. The second-order valence-electron chi connectivity index (χ2n) is 14.0. The van der Waals surface area contributed by atoms with E-state index in [4.69, 9.17) is 14.2 Å². The summed E-state index contributed by atoms with van der Waals surface area (Å²) in [7, 11) is 0.692. The molecule has 0 bridgehead atoms. The van der Waals surface area contributed by atoms with Crippen molar-refractivity contribution in [3.05, 3.63) is 125 Å². The quantitative estimate of drug-likeness (QED) is 0.106. The largest absolute Gasteiger partial charge is 0.548 e. The molecule has 1 saturated heterocycles. The number of anilines is 1. The van der Waals surface area contributed by atoms with Gasteiger partial charge in [-0.05, 0) is 58.4 Å². The number of alkyl halides is 6. The van der Waals surface area contributed by atoms with Crippen molar-refractivity contribution in [2.24, 2.45) is 11.8 Å². The SMILES string of the molecule is CN(C(=O)OCC1c2ccccc2-c2ccccc21)[C@](CC(C(F)(F)F)C(F)(F)F)(C(=O)[O-])[C@@H](Cc1ccc(N2CCOCC2)cc1)C(=O)OCc1ccccc1. The van der Waals surface area contributed by atoms with E-state index in [0.717, 1.165) is 22.3 Å². The standard InChI is InChI=1S/C42H40F6N2O7/c1-49(39(54)57-26-34-32-13-7-5-11-30(32)31-12-6-8-14-33(31)34)40(38(52)53,24-36(41(43,44)45)42(46,47)48)35(37(51)56-25-28-9-3-2-4-10-28)23-27-15-17-29(18-16-27)50-19-21-55-22-20-50/h2-18,34-36H,19-26H2,1H3,(H,52,53)/p-1/t35-,40-/m0/s1. The van der Waals surface area contributed by atoms with Crippen LogP contribution in [0.4, 0.5) is 36.8 Å². The van der Waals surface area contributed by atoms with Crippen LogP contribution in [-0.2, 0) is 36.8 Å². The van der Waals surface area contributed by atoms with Gasteiger partial charge in [0.25, 0.3) is 0 Å². The lowest BCUT2D eigenvalue weighted by molar-refractivity contribution is -0.329. The van der Waals surface area contributed by atoms with Crippen LogP contribution in [-0.4, -0.2) is 80.8 Å². The average molecular weight is 798 g/mol. The number of hydrogen-bond acceptors (Lipinski definition) is 8. The molecule has 0 aromatic heterocycles. The van der Waals surface area contributed by atoms with E-state index in [-0.39, 0.29) is 10.5 Å². The molecule has 0 saturated carbocycles. The fraction of sp³-hybridized carbons (Fsp3) is 0.357. The van der Waals surface area contributed by atoms with E-state index < -0.39 is 79.7 Å². The van der Waals surface area contributed by atoms with E-state index in [1.165, 1.54) is 12.1 Å². The van der Waals surface area contributed by atoms with Crippen LogP contribution >= 0.6 is 0 Å². The Balaban J connectivity index is 1.40. The normalized spacial score (nSPS) is 16.0. The zero-order valence-electron chi connectivity index (χ0n) is 30.7. The number of aliphatic carboxylic acids is 1. The molecule has 2 aliphatic rings. The average Bonchev–Trinajstić information content (AvgIpc) is 3.52. The molecule has 1 heterocycles. The van der Waals surface area contributed by atoms with Crippen LogP contribution < -0.4 is 10.0 Å². The minimum Gasteiger partial charge on any atom is -0.548 e. The predicted molar refractivity (Wildman–Crippen MR) is 194 cm³/mol. The summed E-state index contributed by atoms with van der Waals surface area (Å²) < 4.78 is 103. The topological polar surface area (TPSA) is 108 Å². The second kappa shape index (κ2) is 16.9. The number of halogens is 6. The summed E-state index contributed by atoms with van der Waals surface area (Å²) in [5, 5.41) is 13.5. The molecular weight excluding hydrogens is 758 g/mol. The van der Waals surface area contributed by atoms with E-state index in [1.807, 2.05) is 17.0 Å². The molecular formula is C42H39F6N2O7-. The van der Waals surface area contributed by atoms with Crippen molar-refractivity contribution in [3.63, 3.8) is 0 Å². The molecule has 15 heteroatoms. The highest BCUT2D eigenvalue weighted by Crippen LogP contribution is 2.48. The van der Waals surface area contributed by atoms with Gasteiger partial charge >= 0.3 is 24.4 Å². The number of carbonyl (C=O) groups is 3. The van der Waals surface area contributed by atoms with Gasteiger partial charge in [0.15, 0.2) is 5.92 Å². The first-order valence-electron chi connectivity index (χ1n) is 18.2. The molecule has 0 radical (unpaired) electrons. The monoisotopic (exact) mass is 797 g/mol. The lowest BCUT2D eigenvalue weighted by atomic mass is 9.72. The highest BCUT2D eigenvalue weighted by molar-refractivity contribution is 5.90. The molecule has 0 unspecified atom stereocenters. The minimum atomic E-state index is -6.06. The molecule has 9 nitrogen and oxygen atoms in total. The summed E-state index contributed by atoms with van der Waals surface area (Å²) >= 11 is 0. The smallest absolute Gasteiger partial charge is 0.410 e. The Bertz CT molecular complexity index is 1980. The van der Waals surface area contributed by atoms with Crippen molar-refractivity contribution >= 4 is 23.7 Å². The molecule has 1 aliphatic carbocycles. The summed E-state index contributed by atoms with van der Waals surface area (Å²) in [6, 6.07) is 28.5. The van der Waals surface area contributed by atoms with Crippen LogP contribution in [0.25, 0.3) is 11.1 Å². The van der Waals surface area contributed by atoms with Gasteiger partial charge in [-0.25, -0.2) is 4.79 Å². The van der Waals surface area contributed by atoms with Crippen LogP contribution in [0.3, 0.4) is 0 Å².